The summed E-state index contributed by atoms with van der Waals surface area (Å²) in [5.74, 6) is 1.68. The van der Waals surface area contributed by atoms with Gasteiger partial charge in [0.15, 0.2) is 11.5 Å². The van der Waals surface area contributed by atoms with E-state index in [1.807, 2.05) is 6.07 Å². The Morgan fingerprint density at radius 2 is 2.14 bits per heavy atom. The molecule has 0 aliphatic carbocycles. The Balaban J connectivity index is 1.79. The molecule has 1 fully saturated rings. The first kappa shape index (κ1) is 14.6. The summed E-state index contributed by atoms with van der Waals surface area (Å²) in [6, 6.07) is 6.40. The van der Waals surface area contributed by atoms with Crippen LogP contribution in [0.15, 0.2) is 18.2 Å². The summed E-state index contributed by atoms with van der Waals surface area (Å²) in [4.78, 5) is 2.40. The summed E-state index contributed by atoms with van der Waals surface area (Å²) in [6.45, 7) is 3.98. The summed E-state index contributed by atoms with van der Waals surface area (Å²) in [7, 11) is 1.78. The fourth-order valence-electron chi connectivity index (χ4n) is 3.11. The molecule has 2 heterocycles. The Bertz CT molecular complexity index is 481. The Labute approximate surface area is 126 Å². The fourth-order valence-corrected chi connectivity index (χ4v) is 3.11. The van der Waals surface area contributed by atoms with Crippen LogP contribution in [0.5, 0.6) is 11.5 Å². The Hall–Kier alpha value is -1.30. The van der Waals surface area contributed by atoms with Crippen LogP contribution >= 0.6 is 0 Å². The number of rotatable bonds is 4. The molecule has 0 spiro atoms. The molecule has 5 heteroatoms. The third kappa shape index (κ3) is 3.15. The van der Waals surface area contributed by atoms with Crippen molar-refractivity contribution in [3.63, 3.8) is 0 Å². The van der Waals surface area contributed by atoms with E-state index in [9.17, 15) is 0 Å². The lowest BCUT2D eigenvalue weighted by atomic mass is 10.0. The maximum atomic E-state index is 6.02. The quantitative estimate of drug-likeness (QED) is 0.913. The van der Waals surface area contributed by atoms with Gasteiger partial charge in [0.1, 0.15) is 0 Å². The van der Waals surface area contributed by atoms with Crippen LogP contribution in [0.3, 0.4) is 0 Å². The SMILES string of the molecule is COC1CCN(C(CN)c2ccc3c(c2)OCCCO3)C1. The highest BCUT2D eigenvalue weighted by atomic mass is 16.5. The Kier molecular flexibility index (Phi) is 4.63. The lowest BCUT2D eigenvalue weighted by Gasteiger charge is -2.27. The van der Waals surface area contributed by atoms with Crippen molar-refractivity contribution in [1.29, 1.82) is 0 Å². The summed E-state index contributed by atoms with van der Waals surface area (Å²) in [5, 5.41) is 0. The first-order valence-electron chi connectivity index (χ1n) is 7.68. The molecule has 0 aromatic heterocycles. The van der Waals surface area contributed by atoms with Crippen LogP contribution in [0, 0.1) is 0 Å². The highest BCUT2D eigenvalue weighted by Gasteiger charge is 2.29. The number of nitrogens with two attached hydrogens (primary N) is 1. The van der Waals surface area contributed by atoms with Crippen LogP contribution in [0.1, 0.15) is 24.4 Å². The first-order valence-corrected chi connectivity index (χ1v) is 7.68. The van der Waals surface area contributed by atoms with E-state index in [1.165, 1.54) is 5.56 Å². The molecule has 1 saturated heterocycles. The number of hydrogen-bond donors (Lipinski definition) is 1. The van der Waals surface area contributed by atoms with E-state index in [2.05, 4.69) is 17.0 Å². The van der Waals surface area contributed by atoms with E-state index in [-0.39, 0.29) is 6.04 Å². The maximum absolute atomic E-state index is 6.02. The molecule has 2 aliphatic heterocycles. The number of methoxy groups -OCH3 is 1. The monoisotopic (exact) mass is 292 g/mol. The second-order valence-electron chi connectivity index (χ2n) is 5.65. The molecule has 0 amide bonds. The third-order valence-corrected chi connectivity index (χ3v) is 4.33. The van der Waals surface area contributed by atoms with Gasteiger partial charge < -0.3 is 19.9 Å². The molecule has 2 aliphatic rings. The van der Waals surface area contributed by atoms with Crippen molar-refractivity contribution in [2.75, 3.05) is 40.0 Å². The van der Waals surface area contributed by atoms with Gasteiger partial charge in [-0.3, -0.25) is 4.90 Å². The molecule has 21 heavy (non-hydrogen) atoms. The number of hydrogen-bond acceptors (Lipinski definition) is 5. The van der Waals surface area contributed by atoms with Crippen molar-refractivity contribution < 1.29 is 14.2 Å². The average Bonchev–Trinajstić information content (AvgIpc) is 2.86. The molecule has 3 rings (SSSR count). The van der Waals surface area contributed by atoms with Crippen LogP contribution in [-0.2, 0) is 4.74 Å². The largest absolute Gasteiger partial charge is 0.490 e. The standard InChI is InChI=1S/C16H24N2O3/c1-19-13-5-6-18(11-13)14(10-17)12-3-4-15-16(9-12)21-8-2-7-20-15/h3-4,9,13-14H,2,5-8,10-11,17H2,1H3. The van der Waals surface area contributed by atoms with E-state index >= 15 is 0 Å². The summed E-state index contributed by atoms with van der Waals surface area (Å²) in [6.07, 6.45) is 2.31. The number of ether oxygens (including phenoxy) is 3. The van der Waals surface area contributed by atoms with E-state index in [1.54, 1.807) is 7.11 Å². The van der Waals surface area contributed by atoms with Gasteiger partial charge in [-0.15, -0.1) is 0 Å². The summed E-state index contributed by atoms with van der Waals surface area (Å²) >= 11 is 0. The second kappa shape index (κ2) is 6.64. The van der Waals surface area contributed by atoms with Crippen molar-refractivity contribution in [3.8, 4) is 11.5 Å². The van der Waals surface area contributed by atoms with Crippen molar-refractivity contribution in [2.45, 2.75) is 25.0 Å². The Morgan fingerprint density at radius 3 is 2.86 bits per heavy atom. The van der Waals surface area contributed by atoms with Gasteiger partial charge in [0.25, 0.3) is 0 Å². The van der Waals surface area contributed by atoms with Gasteiger partial charge in [0, 0.05) is 39.2 Å². The van der Waals surface area contributed by atoms with Crippen molar-refractivity contribution in [2.24, 2.45) is 5.73 Å². The average molecular weight is 292 g/mol. The minimum atomic E-state index is 0.210. The molecule has 0 radical (unpaired) electrons. The topological polar surface area (TPSA) is 57.0 Å². The molecule has 1 aromatic carbocycles. The van der Waals surface area contributed by atoms with Crippen molar-refractivity contribution >= 4 is 0 Å². The highest BCUT2D eigenvalue weighted by molar-refractivity contribution is 5.44. The molecular weight excluding hydrogens is 268 g/mol. The second-order valence-corrected chi connectivity index (χ2v) is 5.65. The van der Waals surface area contributed by atoms with Crippen LogP contribution < -0.4 is 15.2 Å². The predicted octanol–water partition coefficient (Wildman–Crippen LogP) is 1.57. The van der Waals surface area contributed by atoms with E-state index in [4.69, 9.17) is 19.9 Å². The van der Waals surface area contributed by atoms with Gasteiger partial charge in [-0.05, 0) is 24.1 Å². The minimum absolute atomic E-state index is 0.210. The van der Waals surface area contributed by atoms with Gasteiger partial charge in [0.2, 0.25) is 0 Å². The molecule has 0 saturated carbocycles. The molecule has 5 nitrogen and oxygen atoms in total. The smallest absolute Gasteiger partial charge is 0.161 e. The molecular formula is C16H24N2O3. The zero-order valence-electron chi connectivity index (χ0n) is 12.6. The number of benzene rings is 1. The fraction of sp³-hybridized carbons (Fsp3) is 0.625. The zero-order chi connectivity index (χ0) is 14.7. The van der Waals surface area contributed by atoms with Crippen LogP contribution in [0.25, 0.3) is 0 Å². The van der Waals surface area contributed by atoms with Crippen LogP contribution in [0.2, 0.25) is 0 Å². The highest BCUT2D eigenvalue weighted by Crippen LogP contribution is 2.34. The van der Waals surface area contributed by atoms with Gasteiger partial charge >= 0.3 is 0 Å². The lowest BCUT2D eigenvalue weighted by molar-refractivity contribution is 0.101. The molecule has 0 bridgehead atoms. The van der Waals surface area contributed by atoms with Gasteiger partial charge in [-0.25, -0.2) is 0 Å². The molecule has 2 N–H and O–H groups in total. The maximum Gasteiger partial charge on any atom is 0.161 e. The van der Waals surface area contributed by atoms with E-state index < -0.39 is 0 Å². The number of nitrogens with zero attached hydrogens (tertiary/aromatic N) is 1. The number of likely N-dealkylation sites (tertiary alicyclic amines) is 1. The molecule has 2 atom stereocenters. The van der Waals surface area contributed by atoms with Crippen LogP contribution in [0.4, 0.5) is 0 Å². The normalized spacial score (nSPS) is 23.8. The van der Waals surface area contributed by atoms with Gasteiger partial charge in [0.05, 0.1) is 19.3 Å². The predicted molar refractivity (Wildman–Crippen MR) is 80.8 cm³/mol. The van der Waals surface area contributed by atoms with Gasteiger partial charge in [-0.1, -0.05) is 6.07 Å². The van der Waals surface area contributed by atoms with Crippen LogP contribution in [-0.4, -0.2) is 51.0 Å². The lowest BCUT2D eigenvalue weighted by Crippen LogP contribution is -2.33. The zero-order valence-corrected chi connectivity index (χ0v) is 12.6. The molecule has 1 aromatic rings. The van der Waals surface area contributed by atoms with Gasteiger partial charge in [-0.2, -0.15) is 0 Å². The Morgan fingerprint density at radius 1 is 1.33 bits per heavy atom. The third-order valence-electron chi connectivity index (χ3n) is 4.33. The van der Waals surface area contributed by atoms with Crippen molar-refractivity contribution in [3.05, 3.63) is 23.8 Å². The van der Waals surface area contributed by atoms with E-state index in [0.717, 1.165) is 37.4 Å². The van der Waals surface area contributed by atoms with E-state index in [0.29, 0.717) is 25.9 Å². The number of fused-ring (bicyclic) bond motifs is 1. The first-order chi connectivity index (χ1) is 10.3. The summed E-state index contributed by atoms with van der Waals surface area (Å²) < 4.78 is 16.9. The molecule has 2 unspecified atom stereocenters. The minimum Gasteiger partial charge on any atom is -0.490 e. The van der Waals surface area contributed by atoms with Crippen molar-refractivity contribution in [1.82, 2.24) is 4.90 Å². The molecule has 116 valence electrons. The summed E-state index contributed by atoms with van der Waals surface area (Å²) in [5.41, 5.74) is 7.22.